The fourth-order valence-corrected chi connectivity index (χ4v) is 6.05. The summed E-state index contributed by atoms with van der Waals surface area (Å²) in [5, 5.41) is 11.5. The monoisotopic (exact) mass is 485 g/mol. The number of hydrogen-bond acceptors (Lipinski definition) is 6. The van der Waals surface area contributed by atoms with Gasteiger partial charge in [0.15, 0.2) is 5.16 Å². The van der Waals surface area contributed by atoms with Crippen molar-refractivity contribution in [2.75, 3.05) is 18.4 Å². The van der Waals surface area contributed by atoms with Crippen LogP contribution in [0, 0.1) is 6.92 Å². The maximum atomic E-state index is 12.8. The molecule has 1 atom stereocenters. The number of nitrogens with one attached hydrogen (secondary N) is 1. The van der Waals surface area contributed by atoms with Crippen LogP contribution in [0.1, 0.15) is 31.2 Å². The summed E-state index contributed by atoms with van der Waals surface area (Å²) < 4.78 is 28.8. The Hall–Kier alpha value is -2.69. The van der Waals surface area contributed by atoms with E-state index in [2.05, 4.69) is 15.5 Å². The number of rotatable bonds is 8. The first-order valence-corrected chi connectivity index (χ1v) is 13.2. The van der Waals surface area contributed by atoms with Crippen LogP contribution in [-0.4, -0.2) is 51.7 Å². The molecule has 1 amide bonds. The molecule has 0 bridgehead atoms. The van der Waals surface area contributed by atoms with Crippen LogP contribution in [0.3, 0.4) is 0 Å². The minimum atomic E-state index is -3.47. The van der Waals surface area contributed by atoms with E-state index >= 15 is 0 Å². The maximum absolute atomic E-state index is 12.8. The standard InChI is InChI=1S/C23H27N5O3S2/c1-17(32-23-26-25-18(2)28(23)16-19-8-4-3-5-9-19)22(29)24-20-10-12-21(13-11-20)33(30,31)27-14-6-7-15-27/h3-5,8-13,17H,6-7,14-16H2,1-2H3,(H,24,29)/t17-/m1/s1. The molecule has 3 aromatic rings. The molecule has 2 aromatic carbocycles. The van der Waals surface area contributed by atoms with E-state index in [1.54, 1.807) is 24.3 Å². The summed E-state index contributed by atoms with van der Waals surface area (Å²) in [6.07, 6.45) is 1.78. The second kappa shape index (κ2) is 10.1. The summed E-state index contributed by atoms with van der Waals surface area (Å²) in [5.74, 6) is 0.589. The topological polar surface area (TPSA) is 97.2 Å². The summed E-state index contributed by atoms with van der Waals surface area (Å²) in [7, 11) is -3.47. The van der Waals surface area contributed by atoms with Crippen molar-refractivity contribution in [2.45, 2.75) is 48.5 Å². The average Bonchev–Trinajstić information content (AvgIpc) is 3.47. The van der Waals surface area contributed by atoms with Crippen molar-refractivity contribution >= 4 is 33.4 Å². The molecule has 1 aliphatic heterocycles. The van der Waals surface area contributed by atoms with Gasteiger partial charge in [0.2, 0.25) is 15.9 Å². The van der Waals surface area contributed by atoms with Gasteiger partial charge in [0.05, 0.1) is 16.7 Å². The minimum absolute atomic E-state index is 0.193. The van der Waals surface area contributed by atoms with E-state index in [1.807, 2.05) is 48.7 Å². The Labute approximate surface area is 198 Å². The maximum Gasteiger partial charge on any atom is 0.243 e. The molecule has 1 aliphatic rings. The second-order valence-corrected chi connectivity index (χ2v) is 11.2. The molecule has 0 spiro atoms. The molecule has 4 rings (SSSR count). The molecule has 1 aromatic heterocycles. The lowest BCUT2D eigenvalue weighted by molar-refractivity contribution is -0.115. The van der Waals surface area contributed by atoms with Gasteiger partial charge in [-0.2, -0.15) is 4.31 Å². The number of amides is 1. The van der Waals surface area contributed by atoms with Crippen molar-refractivity contribution in [1.29, 1.82) is 0 Å². The van der Waals surface area contributed by atoms with Gasteiger partial charge in [-0.15, -0.1) is 10.2 Å². The Morgan fingerprint density at radius 3 is 2.39 bits per heavy atom. The highest BCUT2D eigenvalue weighted by atomic mass is 32.2. The van der Waals surface area contributed by atoms with Crippen LogP contribution in [0.5, 0.6) is 0 Å². The molecule has 174 valence electrons. The van der Waals surface area contributed by atoms with Gasteiger partial charge in [0.25, 0.3) is 0 Å². The van der Waals surface area contributed by atoms with Crippen LogP contribution in [0.25, 0.3) is 0 Å². The average molecular weight is 486 g/mol. The zero-order valence-electron chi connectivity index (χ0n) is 18.6. The lowest BCUT2D eigenvalue weighted by atomic mass is 10.2. The van der Waals surface area contributed by atoms with E-state index in [4.69, 9.17) is 0 Å². The third kappa shape index (κ3) is 5.45. The Morgan fingerprint density at radius 2 is 1.73 bits per heavy atom. The highest BCUT2D eigenvalue weighted by Crippen LogP contribution is 2.25. The van der Waals surface area contributed by atoms with E-state index in [0.29, 0.717) is 30.5 Å². The number of thioether (sulfide) groups is 1. The Kier molecular flexibility index (Phi) is 7.16. The van der Waals surface area contributed by atoms with E-state index in [1.165, 1.54) is 16.1 Å². The number of aryl methyl sites for hydroxylation is 1. The molecule has 0 aliphatic carbocycles. The SMILES string of the molecule is Cc1nnc(S[C@H](C)C(=O)Nc2ccc(S(=O)(=O)N3CCCC3)cc2)n1Cc1ccccc1. The van der Waals surface area contributed by atoms with Gasteiger partial charge in [-0.1, -0.05) is 42.1 Å². The highest BCUT2D eigenvalue weighted by Gasteiger charge is 2.27. The van der Waals surface area contributed by atoms with Gasteiger partial charge in [0, 0.05) is 18.8 Å². The third-order valence-electron chi connectivity index (χ3n) is 5.56. The van der Waals surface area contributed by atoms with Gasteiger partial charge in [0.1, 0.15) is 5.82 Å². The Morgan fingerprint density at radius 1 is 1.06 bits per heavy atom. The quantitative estimate of drug-likeness (QED) is 0.490. The third-order valence-corrected chi connectivity index (χ3v) is 8.55. The number of aromatic nitrogens is 3. The number of carbonyl (C=O) groups is 1. The molecular formula is C23H27N5O3S2. The summed E-state index contributed by atoms with van der Waals surface area (Å²) in [4.78, 5) is 13.0. The molecule has 1 N–H and O–H groups in total. The lowest BCUT2D eigenvalue weighted by Gasteiger charge is -2.16. The van der Waals surface area contributed by atoms with Crippen LogP contribution in [0.15, 0.2) is 64.6 Å². The highest BCUT2D eigenvalue weighted by molar-refractivity contribution is 8.00. The molecule has 8 nitrogen and oxygen atoms in total. The normalized spacial score (nSPS) is 15.5. The fourth-order valence-electron chi connectivity index (χ4n) is 3.64. The zero-order valence-corrected chi connectivity index (χ0v) is 20.3. The van der Waals surface area contributed by atoms with Crippen molar-refractivity contribution in [3.63, 3.8) is 0 Å². The van der Waals surface area contributed by atoms with Crippen LogP contribution in [0.2, 0.25) is 0 Å². The van der Waals surface area contributed by atoms with Crippen LogP contribution >= 0.6 is 11.8 Å². The van der Waals surface area contributed by atoms with Crippen LogP contribution in [0.4, 0.5) is 5.69 Å². The van der Waals surface area contributed by atoms with Crippen molar-refractivity contribution < 1.29 is 13.2 Å². The van der Waals surface area contributed by atoms with E-state index in [9.17, 15) is 13.2 Å². The molecular weight excluding hydrogens is 458 g/mol. The molecule has 0 unspecified atom stereocenters. The minimum Gasteiger partial charge on any atom is -0.325 e. The predicted octanol–water partition coefficient (Wildman–Crippen LogP) is 3.54. The van der Waals surface area contributed by atoms with Gasteiger partial charge in [-0.25, -0.2) is 8.42 Å². The first kappa shape index (κ1) is 23.5. The smallest absolute Gasteiger partial charge is 0.243 e. The largest absolute Gasteiger partial charge is 0.325 e. The molecule has 0 radical (unpaired) electrons. The first-order chi connectivity index (χ1) is 15.8. The van der Waals surface area contributed by atoms with E-state index in [0.717, 1.165) is 24.2 Å². The van der Waals surface area contributed by atoms with Crippen molar-refractivity contribution in [1.82, 2.24) is 19.1 Å². The lowest BCUT2D eigenvalue weighted by Crippen LogP contribution is -2.27. The molecule has 1 fully saturated rings. The van der Waals surface area contributed by atoms with Gasteiger partial charge in [-0.3, -0.25) is 4.79 Å². The van der Waals surface area contributed by atoms with Gasteiger partial charge in [-0.05, 0) is 56.5 Å². The van der Waals surface area contributed by atoms with Crippen molar-refractivity contribution in [2.24, 2.45) is 0 Å². The Bertz CT molecular complexity index is 1200. The molecule has 10 heteroatoms. The van der Waals surface area contributed by atoms with Gasteiger partial charge < -0.3 is 9.88 Å². The van der Waals surface area contributed by atoms with Crippen molar-refractivity contribution in [3.8, 4) is 0 Å². The van der Waals surface area contributed by atoms with Crippen LogP contribution < -0.4 is 5.32 Å². The predicted molar refractivity (Wildman–Crippen MR) is 129 cm³/mol. The molecule has 2 heterocycles. The van der Waals surface area contributed by atoms with Crippen LogP contribution in [-0.2, 0) is 21.4 Å². The number of nitrogens with zero attached hydrogens (tertiary/aromatic N) is 4. The van der Waals surface area contributed by atoms with Gasteiger partial charge >= 0.3 is 0 Å². The number of carbonyl (C=O) groups excluding carboxylic acids is 1. The van der Waals surface area contributed by atoms with E-state index in [-0.39, 0.29) is 10.8 Å². The molecule has 1 saturated heterocycles. The second-order valence-electron chi connectivity index (χ2n) is 7.99. The van der Waals surface area contributed by atoms with E-state index < -0.39 is 15.3 Å². The fraction of sp³-hybridized carbons (Fsp3) is 0.348. The first-order valence-electron chi connectivity index (χ1n) is 10.9. The zero-order chi connectivity index (χ0) is 23.4. The molecule has 33 heavy (non-hydrogen) atoms. The Balaban J connectivity index is 1.39. The summed E-state index contributed by atoms with van der Waals surface area (Å²) in [5.41, 5.74) is 1.68. The number of anilines is 1. The molecule has 0 saturated carbocycles. The number of sulfonamides is 1. The summed E-state index contributed by atoms with van der Waals surface area (Å²) in [6.45, 7) is 5.45. The number of benzene rings is 2. The summed E-state index contributed by atoms with van der Waals surface area (Å²) >= 11 is 1.34. The van der Waals surface area contributed by atoms with Crippen molar-refractivity contribution in [3.05, 3.63) is 66.0 Å². The summed E-state index contributed by atoms with van der Waals surface area (Å²) in [6, 6.07) is 16.4. The number of hydrogen-bond donors (Lipinski definition) is 1.